The first-order valence-electron chi connectivity index (χ1n) is 23.1. The fourth-order valence-corrected chi connectivity index (χ4v) is 11.1. The number of anilines is 3. The fourth-order valence-electron chi connectivity index (χ4n) is 11.1. The molecular weight excluding hydrogens is 811 g/mol. The second-order valence-corrected chi connectivity index (χ2v) is 17.5. The fraction of sp³-hybridized carbons (Fsp3) is 0.0154. The first-order valence-corrected chi connectivity index (χ1v) is 23.1. The van der Waals surface area contributed by atoms with E-state index in [9.17, 15) is 0 Å². The minimum Gasteiger partial charge on any atom is -0.455 e. The Hall–Kier alpha value is -8.72. The maximum Gasteiger partial charge on any atom is 0.145 e. The van der Waals surface area contributed by atoms with E-state index in [0.29, 0.717) is 0 Å². The topological polar surface area (TPSA) is 16.4 Å². The summed E-state index contributed by atoms with van der Waals surface area (Å²) in [6.45, 7) is 0. The van der Waals surface area contributed by atoms with Crippen LogP contribution in [0.1, 0.15) is 22.3 Å². The number of hydrogen-bond donors (Lipinski definition) is 0. The van der Waals surface area contributed by atoms with Gasteiger partial charge in [-0.1, -0.05) is 231 Å². The molecule has 0 fully saturated rings. The molecule has 0 spiro atoms. The van der Waals surface area contributed by atoms with Gasteiger partial charge in [-0.2, -0.15) is 0 Å². The first-order chi connectivity index (χ1) is 33.3. The van der Waals surface area contributed by atoms with E-state index >= 15 is 0 Å². The highest BCUT2D eigenvalue weighted by Gasteiger charge is 2.47. The molecule has 1 heterocycles. The molecule has 0 N–H and O–H groups in total. The summed E-state index contributed by atoms with van der Waals surface area (Å²) >= 11 is 0. The van der Waals surface area contributed by atoms with Crippen LogP contribution >= 0.6 is 0 Å². The second-order valence-electron chi connectivity index (χ2n) is 17.5. The summed E-state index contributed by atoms with van der Waals surface area (Å²) < 4.78 is 7.32. The molecule has 67 heavy (non-hydrogen) atoms. The van der Waals surface area contributed by atoms with Crippen LogP contribution in [-0.4, -0.2) is 0 Å². The Labute approximate surface area is 390 Å². The average Bonchev–Trinajstić information content (AvgIpc) is 3.95. The van der Waals surface area contributed by atoms with Gasteiger partial charge in [0.05, 0.1) is 27.9 Å². The van der Waals surface area contributed by atoms with Crippen molar-refractivity contribution in [1.29, 1.82) is 0 Å². The van der Waals surface area contributed by atoms with Gasteiger partial charge < -0.3 is 9.32 Å². The van der Waals surface area contributed by atoms with Gasteiger partial charge in [0.25, 0.3) is 0 Å². The van der Waals surface area contributed by atoms with Crippen molar-refractivity contribution >= 4 is 49.8 Å². The van der Waals surface area contributed by atoms with Gasteiger partial charge in [0.2, 0.25) is 0 Å². The van der Waals surface area contributed by atoms with Gasteiger partial charge in [0, 0.05) is 27.6 Å². The van der Waals surface area contributed by atoms with Crippen molar-refractivity contribution in [2.24, 2.45) is 0 Å². The van der Waals surface area contributed by atoms with Crippen LogP contribution in [0.25, 0.3) is 77.2 Å². The van der Waals surface area contributed by atoms with Crippen molar-refractivity contribution in [1.82, 2.24) is 0 Å². The normalized spacial score (nSPS) is 12.6. The van der Waals surface area contributed by atoms with Gasteiger partial charge in [0.1, 0.15) is 11.2 Å². The molecule has 0 aliphatic heterocycles. The molecular formula is C65H43NO. The zero-order chi connectivity index (χ0) is 44.3. The van der Waals surface area contributed by atoms with Crippen LogP contribution in [0.4, 0.5) is 17.1 Å². The number of para-hydroxylation sites is 2. The van der Waals surface area contributed by atoms with Crippen LogP contribution < -0.4 is 4.90 Å². The van der Waals surface area contributed by atoms with Gasteiger partial charge in [-0.15, -0.1) is 0 Å². The van der Waals surface area contributed by atoms with E-state index in [1.807, 2.05) is 0 Å². The Morgan fingerprint density at radius 3 is 1.57 bits per heavy atom. The molecule has 314 valence electrons. The van der Waals surface area contributed by atoms with Crippen molar-refractivity contribution < 1.29 is 4.42 Å². The molecule has 0 radical (unpaired) electrons. The Morgan fingerprint density at radius 2 is 0.851 bits per heavy atom. The zero-order valence-electron chi connectivity index (χ0n) is 36.7. The standard InChI is InChI=1S/C65H43NO/c1-5-22-45(23-6-1)52-33-19-34-55-62-60(42-41-53(64(62)67-63(52)55)46-24-7-2-8-25-46)66(58-37-18-16-31-51(58)48-40-39-44-21-13-14-26-47(44)43-48)59-38-20-36-57-61(59)54-32-15-17-35-56(54)65(57,49-27-9-3-10-28-49)50-29-11-4-12-30-50/h1-43H. The monoisotopic (exact) mass is 853 g/mol. The van der Waals surface area contributed by atoms with Gasteiger partial charge in [-0.05, 0) is 85.6 Å². The highest BCUT2D eigenvalue weighted by atomic mass is 16.3. The van der Waals surface area contributed by atoms with Crippen molar-refractivity contribution in [3.63, 3.8) is 0 Å². The van der Waals surface area contributed by atoms with E-state index in [2.05, 4.69) is 266 Å². The van der Waals surface area contributed by atoms with Crippen molar-refractivity contribution in [2.45, 2.75) is 5.41 Å². The number of rotatable bonds is 8. The molecule has 0 amide bonds. The molecule has 0 saturated carbocycles. The largest absolute Gasteiger partial charge is 0.455 e. The van der Waals surface area contributed by atoms with E-state index < -0.39 is 5.41 Å². The number of fused-ring (bicyclic) bond motifs is 7. The molecule has 0 saturated heterocycles. The van der Waals surface area contributed by atoms with E-state index in [1.54, 1.807) is 0 Å². The SMILES string of the molecule is c1ccc(-c2cccc3c2oc2c(-c4ccccc4)ccc(N(c4ccccc4-c4ccc5ccccc5c4)c4cccc5c4-c4ccccc4C5(c4ccccc4)c4ccccc4)c23)cc1. The summed E-state index contributed by atoms with van der Waals surface area (Å²) in [7, 11) is 0. The highest BCUT2D eigenvalue weighted by molar-refractivity contribution is 6.20. The van der Waals surface area contributed by atoms with E-state index in [4.69, 9.17) is 4.42 Å². The minimum atomic E-state index is -0.576. The van der Waals surface area contributed by atoms with Crippen molar-refractivity contribution in [2.75, 3.05) is 4.90 Å². The number of nitrogens with zero attached hydrogens (tertiary/aromatic N) is 1. The Bertz CT molecular complexity index is 3760. The third-order valence-corrected chi connectivity index (χ3v) is 13.9. The summed E-state index contributed by atoms with van der Waals surface area (Å²) in [5.41, 5.74) is 18.4. The van der Waals surface area contributed by atoms with E-state index in [0.717, 1.165) is 72.4 Å². The summed E-state index contributed by atoms with van der Waals surface area (Å²) in [4.78, 5) is 2.54. The summed E-state index contributed by atoms with van der Waals surface area (Å²) in [6.07, 6.45) is 0. The van der Waals surface area contributed by atoms with Crippen molar-refractivity contribution in [3.05, 3.63) is 283 Å². The van der Waals surface area contributed by atoms with Crippen molar-refractivity contribution in [3.8, 4) is 44.5 Å². The maximum atomic E-state index is 7.32. The number of benzene rings is 11. The van der Waals surface area contributed by atoms with Crippen LogP contribution in [0.3, 0.4) is 0 Å². The number of furan rings is 1. The van der Waals surface area contributed by atoms with Gasteiger partial charge >= 0.3 is 0 Å². The Balaban J connectivity index is 1.17. The zero-order valence-corrected chi connectivity index (χ0v) is 36.7. The molecule has 11 aromatic carbocycles. The molecule has 0 atom stereocenters. The second kappa shape index (κ2) is 15.8. The average molecular weight is 854 g/mol. The smallest absolute Gasteiger partial charge is 0.145 e. The quantitative estimate of drug-likeness (QED) is 0.151. The molecule has 1 aliphatic rings. The van der Waals surface area contributed by atoms with E-state index in [-0.39, 0.29) is 0 Å². The third kappa shape index (κ3) is 6.04. The van der Waals surface area contributed by atoms with Gasteiger partial charge in [0.15, 0.2) is 0 Å². The van der Waals surface area contributed by atoms with Gasteiger partial charge in [-0.3, -0.25) is 0 Å². The summed E-state index contributed by atoms with van der Waals surface area (Å²) in [5, 5.41) is 4.54. The molecule has 2 nitrogen and oxygen atoms in total. The molecule has 1 aliphatic carbocycles. The first kappa shape index (κ1) is 38.7. The molecule has 0 bridgehead atoms. The summed E-state index contributed by atoms with van der Waals surface area (Å²) in [6, 6.07) is 95.0. The molecule has 0 unspecified atom stereocenters. The highest BCUT2D eigenvalue weighted by Crippen LogP contribution is 2.60. The summed E-state index contributed by atoms with van der Waals surface area (Å²) in [5.74, 6) is 0. The van der Waals surface area contributed by atoms with Crippen LogP contribution in [-0.2, 0) is 5.41 Å². The Kier molecular flexibility index (Phi) is 9.11. The van der Waals surface area contributed by atoms with Gasteiger partial charge in [-0.25, -0.2) is 0 Å². The molecule has 2 heteroatoms. The predicted octanol–water partition coefficient (Wildman–Crippen LogP) is 17.6. The van der Waals surface area contributed by atoms with Crippen LogP contribution in [0.2, 0.25) is 0 Å². The molecule has 1 aromatic heterocycles. The van der Waals surface area contributed by atoms with Crippen LogP contribution in [0.15, 0.2) is 265 Å². The molecule has 12 aromatic rings. The van der Waals surface area contributed by atoms with Crippen LogP contribution in [0.5, 0.6) is 0 Å². The lowest BCUT2D eigenvalue weighted by Crippen LogP contribution is -2.28. The lowest BCUT2D eigenvalue weighted by atomic mass is 9.68. The number of hydrogen-bond acceptors (Lipinski definition) is 2. The van der Waals surface area contributed by atoms with Crippen LogP contribution in [0, 0.1) is 0 Å². The maximum absolute atomic E-state index is 7.32. The molecule has 13 rings (SSSR count). The Morgan fingerprint density at radius 1 is 0.313 bits per heavy atom. The lowest BCUT2D eigenvalue weighted by molar-refractivity contribution is 0.671. The van der Waals surface area contributed by atoms with E-state index in [1.165, 1.54) is 44.2 Å². The lowest BCUT2D eigenvalue weighted by Gasteiger charge is -2.34. The third-order valence-electron chi connectivity index (χ3n) is 13.9. The predicted molar refractivity (Wildman–Crippen MR) is 280 cm³/mol. The minimum absolute atomic E-state index is 0.576.